The molecule has 2 aromatic carbocycles. The number of hydrogen-bond acceptors (Lipinski definition) is 5. The first-order valence-corrected chi connectivity index (χ1v) is 12.0. The van der Waals surface area contributed by atoms with Crippen LogP contribution in [-0.2, 0) is 10.0 Å². The zero-order valence-electron chi connectivity index (χ0n) is 17.2. The van der Waals surface area contributed by atoms with E-state index in [1.165, 1.54) is 12.1 Å². The fourth-order valence-corrected chi connectivity index (χ4v) is 5.78. The molecule has 1 fully saturated rings. The molecule has 0 unspecified atom stereocenters. The summed E-state index contributed by atoms with van der Waals surface area (Å²) in [6.07, 6.45) is 8.15. The highest BCUT2D eigenvalue weighted by Gasteiger charge is 2.28. The predicted molar refractivity (Wildman–Crippen MR) is 119 cm³/mol. The Balaban J connectivity index is 1.45. The summed E-state index contributed by atoms with van der Waals surface area (Å²) in [5.74, 6) is -0.609. The lowest BCUT2D eigenvalue weighted by Crippen LogP contribution is -2.38. The topological polar surface area (TPSA) is 89.8 Å². The maximum Gasteiger partial charge on any atom is 0.240 e. The quantitative estimate of drug-likeness (QED) is 0.494. The van der Waals surface area contributed by atoms with Gasteiger partial charge in [0, 0.05) is 29.2 Å². The Morgan fingerprint density at radius 2 is 1.84 bits per heavy atom. The van der Waals surface area contributed by atoms with Gasteiger partial charge in [-0.3, -0.25) is 4.98 Å². The first-order valence-electron chi connectivity index (χ1n) is 10.5. The van der Waals surface area contributed by atoms with Crippen LogP contribution in [0, 0.1) is 5.82 Å². The molecule has 2 aromatic heterocycles. The van der Waals surface area contributed by atoms with E-state index in [0.717, 1.165) is 30.7 Å². The first kappa shape index (κ1) is 20.7. The fraction of sp³-hybridized carbons (Fsp3) is 0.261. The third-order valence-corrected chi connectivity index (χ3v) is 7.45. The van der Waals surface area contributed by atoms with Gasteiger partial charge >= 0.3 is 0 Å². The van der Waals surface area contributed by atoms with Crippen LogP contribution in [0.3, 0.4) is 0 Å². The van der Waals surface area contributed by atoms with E-state index in [4.69, 9.17) is 0 Å². The molecule has 1 aliphatic rings. The molecule has 32 heavy (non-hydrogen) atoms. The van der Waals surface area contributed by atoms with Gasteiger partial charge in [-0.2, -0.15) is 0 Å². The van der Waals surface area contributed by atoms with E-state index in [9.17, 15) is 12.8 Å². The SMILES string of the molecule is O=S(=O)(N[C@H]1CCC[C@@H](n2cnnc2)C1)c1cc(F)cc(-c2cccc3cccnc23)c1. The Bertz CT molecular complexity index is 1350. The largest absolute Gasteiger partial charge is 0.317 e. The van der Waals surface area contributed by atoms with E-state index < -0.39 is 15.8 Å². The standard InChI is InChI=1S/C23H22FN5O2S/c24-18-10-17(22-8-1-4-16-5-3-9-25-23(16)22)11-21(12-18)32(30,31)28-19-6-2-7-20(13-19)29-14-26-27-15-29/h1,3-5,8-12,14-15,19-20,28H,2,6-7,13H2/t19-,20+/m0/s1. The van der Waals surface area contributed by atoms with Crippen molar-refractivity contribution in [3.05, 3.63) is 73.2 Å². The van der Waals surface area contributed by atoms with Gasteiger partial charge in [-0.25, -0.2) is 17.5 Å². The molecule has 9 heteroatoms. The van der Waals surface area contributed by atoms with Gasteiger partial charge in [-0.15, -0.1) is 10.2 Å². The smallest absolute Gasteiger partial charge is 0.240 e. The van der Waals surface area contributed by atoms with Crippen molar-refractivity contribution in [2.75, 3.05) is 0 Å². The minimum atomic E-state index is -3.91. The molecule has 5 rings (SSSR count). The van der Waals surface area contributed by atoms with Crippen molar-refractivity contribution in [1.82, 2.24) is 24.5 Å². The Morgan fingerprint density at radius 3 is 2.69 bits per heavy atom. The number of sulfonamides is 1. The van der Waals surface area contributed by atoms with Crippen molar-refractivity contribution >= 4 is 20.9 Å². The van der Waals surface area contributed by atoms with Gasteiger partial charge in [-0.1, -0.05) is 24.3 Å². The molecule has 0 bridgehead atoms. The molecule has 1 N–H and O–H groups in total. The second kappa shape index (κ2) is 8.40. The number of pyridine rings is 1. The molecule has 0 radical (unpaired) electrons. The van der Waals surface area contributed by atoms with Crippen LogP contribution in [0.1, 0.15) is 31.7 Å². The minimum absolute atomic E-state index is 0.0909. The number of benzene rings is 2. The van der Waals surface area contributed by atoms with Crippen LogP contribution < -0.4 is 4.72 Å². The molecule has 0 aliphatic heterocycles. The molecule has 1 aliphatic carbocycles. The third kappa shape index (κ3) is 4.13. The van der Waals surface area contributed by atoms with E-state index in [0.29, 0.717) is 23.1 Å². The summed E-state index contributed by atoms with van der Waals surface area (Å²) >= 11 is 0. The average Bonchev–Trinajstić information content (AvgIpc) is 3.33. The molecule has 0 amide bonds. The van der Waals surface area contributed by atoms with Crippen LogP contribution >= 0.6 is 0 Å². The third-order valence-electron chi connectivity index (χ3n) is 5.95. The molecule has 2 heterocycles. The second-order valence-corrected chi connectivity index (χ2v) is 9.82. The zero-order chi connectivity index (χ0) is 22.1. The average molecular weight is 452 g/mol. The van der Waals surface area contributed by atoms with Crippen LogP contribution in [0.15, 0.2) is 72.3 Å². The van der Waals surface area contributed by atoms with E-state index in [1.54, 1.807) is 18.9 Å². The van der Waals surface area contributed by atoms with Gasteiger partial charge < -0.3 is 4.57 Å². The fourth-order valence-electron chi connectivity index (χ4n) is 4.44. The Labute approximate surface area is 185 Å². The summed E-state index contributed by atoms with van der Waals surface area (Å²) < 4.78 is 45.6. The maximum atomic E-state index is 14.5. The molecule has 1 saturated carbocycles. The summed E-state index contributed by atoms with van der Waals surface area (Å²) in [5.41, 5.74) is 1.85. The molecular weight excluding hydrogens is 429 g/mol. The van der Waals surface area contributed by atoms with Gasteiger partial charge in [-0.05, 0) is 55.5 Å². The number of halogens is 1. The number of nitrogens with one attached hydrogen (secondary N) is 1. The monoisotopic (exact) mass is 451 g/mol. The highest BCUT2D eigenvalue weighted by molar-refractivity contribution is 7.89. The van der Waals surface area contributed by atoms with Gasteiger partial charge in [0.1, 0.15) is 18.5 Å². The summed E-state index contributed by atoms with van der Waals surface area (Å²) in [5, 5.41) is 8.59. The highest BCUT2D eigenvalue weighted by Crippen LogP contribution is 2.31. The highest BCUT2D eigenvalue weighted by atomic mass is 32.2. The van der Waals surface area contributed by atoms with Crippen LogP contribution in [-0.4, -0.2) is 34.2 Å². The first-order chi connectivity index (χ1) is 15.5. The lowest BCUT2D eigenvalue weighted by Gasteiger charge is -2.30. The van der Waals surface area contributed by atoms with E-state index in [2.05, 4.69) is 19.9 Å². The Hall–Kier alpha value is -3.17. The van der Waals surface area contributed by atoms with Crippen molar-refractivity contribution in [3.63, 3.8) is 0 Å². The van der Waals surface area contributed by atoms with Crippen molar-refractivity contribution in [2.24, 2.45) is 0 Å². The van der Waals surface area contributed by atoms with Crippen LogP contribution in [0.5, 0.6) is 0 Å². The molecule has 0 saturated heterocycles. The molecule has 0 spiro atoms. The predicted octanol–water partition coefficient (Wildman–Crippen LogP) is 4.09. The number of nitrogens with zero attached hydrogens (tertiary/aromatic N) is 4. The number of hydrogen-bond donors (Lipinski definition) is 1. The summed E-state index contributed by atoms with van der Waals surface area (Å²) in [7, 11) is -3.91. The van der Waals surface area contributed by atoms with Crippen molar-refractivity contribution < 1.29 is 12.8 Å². The second-order valence-electron chi connectivity index (χ2n) is 8.10. The van der Waals surface area contributed by atoms with E-state index in [1.807, 2.05) is 34.9 Å². The van der Waals surface area contributed by atoms with Gasteiger partial charge in [0.05, 0.1) is 10.4 Å². The summed E-state index contributed by atoms with van der Waals surface area (Å²) in [4.78, 5) is 4.31. The number of para-hydroxylation sites is 1. The summed E-state index contributed by atoms with van der Waals surface area (Å²) in [6.45, 7) is 0. The number of aromatic nitrogens is 4. The molecule has 4 aromatic rings. The number of fused-ring (bicyclic) bond motifs is 1. The zero-order valence-corrected chi connectivity index (χ0v) is 18.0. The molecule has 2 atom stereocenters. The van der Waals surface area contributed by atoms with Crippen molar-refractivity contribution in [3.8, 4) is 11.1 Å². The van der Waals surface area contributed by atoms with E-state index in [-0.39, 0.29) is 17.0 Å². The molecule has 164 valence electrons. The molecular formula is C23H22FN5O2S. The lowest BCUT2D eigenvalue weighted by molar-refractivity contribution is 0.305. The normalized spacial score (nSPS) is 19.3. The number of rotatable bonds is 5. The van der Waals surface area contributed by atoms with Crippen LogP contribution in [0.25, 0.3) is 22.0 Å². The van der Waals surface area contributed by atoms with Gasteiger partial charge in [0.25, 0.3) is 0 Å². The maximum absolute atomic E-state index is 14.5. The van der Waals surface area contributed by atoms with Gasteiger partial charge in [0.15, 0.2) is 0 Å². The Kier molecular flexibility index (Phi) is 5.44. The minimum Gasteiger partial charge on any atom is -0.317 e. The van der Waals surface area contributed by atoms with Crippen LogP contribution in [0.4, 0.5) is 4.39 Å². The molecule has 7 nitrogen and oxygen atoms in total. The van der Waals surface area contributed by atoms with E-state index >= 15 is 0 Å². The van der Waals surface area contributed by atoms with Crippen molar-refractivity contribution in [1.29, 1.82) is 0 Å². The van der Waals surface area contributed by atoms with Gasteiger partial charge in [0.2, 0.25) is 10.0 Å². The van der Waals surface area contributed by atoms with Crippen molar-refractivity contribution in [2.45, 2.75) is 42.7 Å². The summed E-state index contributed by atoms with van der Waals surface area (Å²) in [6, 6.07) is 13.1. The van der Waals surface area contributed by atoms with Crippen LogP contribution in [0.2, 0.25) is 0 Å². The lowest BCUT2D eigenvalue weighted by atomic mass is 9.91. The Morgan fingerprint density at radius 1 is 1.03 bits per heavy atom.